The zero-order valence-corrected chi connectivity index (χ0v) is 18.7. The van der Waals surface area contributed by atoms with Crippen LogP contribution in [0.1, 0.15) is 28.8 Å². The Morgan fingerprint density at radius 3 is 2.16 bits per heavy atom. The fourth-order valence-corrected chi connectivity index (χ4v) is 5.28. The van der Waals surface area contributed by atoms with Gasteiger partial charge in [-0.1, -0.05) is 66.7 Å². The van der Waals surface area contributed by atoms with E-state index in [9.17, 15) is 13.2 Å². The van der Waals surface area contributed by atoms with Crippen molar-refractivity contribution in [3.05, 3.63) is 108 Å². The number of carbonyl (C=O) groups excluding carboxylic acids is 1. The van der Waals surface area contributed by atoms with Crippen molar-refractivity contribution in [3.8, 4) is 0 Å². The van der Waals surface area contributed by atoms with E-state index in [0.29, 0.717) is 24.3 Å². The molecule has 0 spiro atoms. The second-order valence-electron chi connectivity index (χ2n) is 7.90. The van der Waals surface area contributed by atoms with Crippen molar-refractivity contribution in [1.82, 2.24) is 4.90 Å². The van der Waals surface area contributed by atoms with Gasteiger partial charge in [0.05, 0.1) is 17.1 Å². The summed E-state index contributed by atoms with van der Waals surface area (Å²) in [5.41, 5.74) is 2.97. The minimum atomic E-state index is -3.90. The third kappa shape index (κ3) is 4.75. The van der Waals surface area contributed by atoms with Crippen LogP contribution >= 0.6 is 0 Å². The van der Waals surface area contributed by atoms with Gasteiger partial charge in [0.1, 0.15) is 0 Å². The zero-order valence-electron chi connectivity index (χ0n) is 17.9. The highest BCUT2D eigenvalue weighted by molar-refractivity contribution is 7.92. The highest BCUT2D eigenvalue weighted by Gasteiger charge is 2.27. The molecule has 1 aliphatic rings. The third-order valence-corrected chi connectivity index (χ3v) is 7.41. The molecule has 6 heteroatoms. The van der Waals surface area contributed by atoms with Crippen molar-refractivity contribution in [3.63, 3.8) is 0 Å². The topological polar surface area (TPSA) is 57.7 Å². The second-order valence-corrected chi connectivity index (χ2v) is 9.77. The molecule has 164 valence electrons. The Hall–Kier alpha value is -3.38. The number of nitrogens with zero attached hydrogens (tertiary/aromatic N) is 2. The molecule has 1 aliphatic heterocycles. The Balaban J connectivity index is 1.67. The molecule has 5 nitrogen and oxygen atoms in total. The van der Waals surface area contributed by atoms with E-state index in [1.165, 1.54) is 10.4 Å². The van der Waals surface area contributed by atoms with Crippen LogP contribution in [-0.4, -0.2) is 32.3 Å². The maximum Gasteiger partial charge on any atom is 0.264 e. The van der Waals surface area contributed by atoms with E-state index in [0.717, 1.165) is 24.0 Å². The lowest BCUT2D eigenvalue weighted by Crippen LogP contribution is -2.36. The molecule has 0 radical (unpaired) electrons. The Morgan fingerprint density at radius 1 is 0.875 bits per heavy atom. The van der Waals surface area contributed by atoms with Crippen molar-refractivity contribution < 1.29 is 13.2 Å². The first-order chi connectivity index (χ1) is 15.4. The number of rotatable bonds is 6. The molecule has 4 rings (SSSR count). The maximum atomic E-state index is 13.7. The van der Waals surface area contributed by atoms with E-state index in [2.05, 4.69) is 6.58 Å². The Morgan fingerprint density at radius 2 is 1.50 bits per heavy atom. The first-order valence-electron chi connectivity index (χ1n) is 10.6. The molecule has 1 heterocycles. The Bertz CT molecular complexity index is 1200. The van der Waals surface area contributed by atoms with Crippen LogP contribution in [0.3, 0.4) is 0 Å². The number of likely N-dealkylation sites (tertiary alicyclic amines) is 1. The van der Waals surface area contributed by atoms with Crippen LogP contribution in [0, 0.1) is 0 Å². The molecule has 3 aromatic rings. The fraction of sp³-hybridized carbons (Fsp3) is 0.192. The van der Waals surface area contributed by atoms with Gasteiger partial charge in [-0.05, 0) is 48.7 Å². The summed E-state index contributed by atoms with van der Waals surface area (Å²) in [6.07, 6.45) is 1.56. The molecule has 3 aromatic carbocycles. The second kappa shape index (κ2) is 9.40. The molecule has 0 N–H and O–H groups in total. The molecule has 1 fully saturated rings. The van der Waals surface area contributed by atoms with Gasteiger partial charge >= 0.3 is 0 Å². The van der Waals surface area contributed by atoms with E-state index in [1.54, 1.807) is 35.2 Å². The summed E-state index contributed by atoms with van der Waals surface area (Å²) in [7, 11) is -3.90. The molecular weight excluding hydrogens is 420 g/mol. The standard InChI is InChI=1S/C26H26N2O3S/c1-21-15-17-27(18-16-21)26(29)23-11-8-14-25(19-23)32(30,31)28(24-12-6-3-7-13-24)20-22-9-4-2-5-10-22/h2-14,19H,1,15-18,20H2. The van der Waals surface area contributed by atoms with E-state index in [4.69, 9.17) is 0 Å². The number of benzene rings is 3. The van der Waals surface area contributed by atoms with Crippen molar-refractivity contribution in [2.24, 2.45) is 0 Å². The van der Waals surface area contributed by atoms with Gasteiger partial charge in [-0.25, -0.2) is 8.42 Å². The van der Waals surface area contributed by atoms with E-state index in [-0.39, 0.29) is 17.3 Å². The lowest BCUT2D eigenvalue weighted by atomic mass is 10.0. The first-order valence-corrected chi connectivity index (χ1v) is 12.1. The SMILES string of the molecule is C=C1CCN(C(=O)c2cccc(S(=O)(=O)N(Cc3ccccc3)c3ccccc3)c2)CC1. The van der Waals surface area contributed by atoms with Crippen molar-refractivity contribution in [1.29, 1.82) is 0 Å². The lowest BCUT2D eigenvalue weighted by Gasteiger charge is -2.28. The first kappa shape index (κ1) is 21.8. The summed E-state index contributed by atoms with van der Waals surface area (Å²) in [5, 5.41) is 0. The number of carbonyl (C=O) groups is 1. The quantitative estimate of drug-likeness (QED) is 0.508. The monoisotopic (exact) mass is 446 g/mol. The molecular formula is C26H26N2O3S. The summed E-state index contributed by atoms with van der Waals surface area (Å²) < 4.78 is 28.8. The highest BCUT2D eigenvalue weighted by Crippen LogP contribution is 2.27. The highest BCUT2D eigenvalue weighted by atomic mass is 32.2. The van der Waals surface area contributed by atoms with Gasteiger partial charge in [-0.15, -0.1) is 0 Å². The smallest absolute Gasteiger partial charge is 0.264 e. The molecule has 0 atom stereocenters. The predicted octanol–water partition coefficient (Wildman–Crippen LogP) is 4.87. The predicted molar refractivity (Wildman–Crippen MR) is 127 cm³/mol. The number of sulfonamides is 1. The van der Waals surface area contributed by atoms with Crippen molar-refractivity contribution >= 4 is 21.6 Å². The van der Waals surface area contributed by atoms with Gasteiger partial charge in [0, 0.05) is 18.7 Å². The van der Waals surface area contributed by atoms with Gasteiger partial charge in [-0.2, -0.15) is 0 Å². The number of piperidine rings is 1. The van der Waals surface area contributed by atoms with Crippen molar-refractivity contribution in [2.45, 2.75) is 24.3 Å². The van der Waals surface area contributed by atoms with E-state index < -0.39 is 10.0 Å². The molecule has 0 aromatic heterocycles. The Kier molecular flexibility index (Phi) is 6.42. The number of amides is 1. The van der Waals surface area contributed by atoms with Gasteiger partial charge in [0.25, 0.3) is 15.9 Å². The van der Waals surface area contributed by atoms with Crippen LogP contribution in [0.5, 0.6) is 0 Å². The third-order valence-electron chi connectivity index (χ3n) is 5.64. The number of hydrogen-bond donors (Lipinski definition) is 0. The van der Waals surface area contributed by atoms with Crippen LogP contribution in [0.2, 0.25) is 0 Å². The maximum absolute atomic E-state index is 13.7. The molecule has 0 aliphatic carbocycles. The van der Waals surface area contributed by atoms with E-state index in [1.807, 2.05) is 48.5 Å². The number of para-hydroxylation sites is 1. The molecule has 1 saturated heterocycles. The molecule has 1 amide bonds. The summed E-state index contributed by atoms with van der Waals surface area (Å²) in [6, 6.07) is 24.8. The molecule has 0 saturated carbocycles. The Labute approximate surface area is 189 Å². The van der Waals surface area contributed by atoms with Gasteiger partial charge < -0.3 is 4.90 Å². The van der Waals surface area contributed by atoms with E-state index >= 15 is 0 Å². The number of hydrogen-bond acceptors (Lipinski definition) is 3. The van der Waals surface area contributed by atoms with Gasteiger partial charge in [0.15, 0.2) is 0 Å². The summed E-state index contributed by atoms with van der Waals surface area (Å²) in [5.74, 6) is -0.149. The molecule has 0 unspecified atom stereocenters. The average molecular weight is 447 g/mol. The van der Waals surface area contributed by atoms with Crippen LogP contribution in [0.15, 0.2) is 102 Å². The number of anilines is 1. The average Bonchev–Trinajstić information content (AvgIpc) is 2.84. The minimum Gasteiger partial charge on any atom is -0.338 e. The van der Waals surface area contributed by atoms with Gasteiger partial charge in [-0.3, -0.25) is 9.10 Å². The normalized spacial score (nSPS) is 14.2. The molecule has 32 heavy (non-hydrogen) atoms. The van der Waals surface area contributed by atoms with Crippen LogP contribution in [-0.2, 0) is 16.6 Å². The fourth-order valence-electron chi connectivity index (χ4n) is 3.78. The summed E-state index contributed by atoms with van der Waals surface area (Å²) >= 11 is 0. The van der Waals surface area contributed by atoms with Gasteiger partial charge in [0.2, 0.25) is 0 Å². The zero-order chi connectivity index (χ0) is 22.6. The lowest BCUT2D eigenvalue weighted by molar-refractivity contribution is 0.0743. The van der Waals surface area contributed by atoms with Crippen LogP contribution < -0.4 is 4.31 Å². The van der Waals surface area contributed by atoms with Crippen molar-refractivity contribution in [2.75, 3.05) is 17.4 Å². The summed E-state index contributed by atoms with van der Waals surface area (Å²) in [4.78, 5) is 14.9. The van der Waals surface area contributed by atoms with Crippen LogP contribution in [0.4, 0.5) is 5.69 Å². The minimum absolute atomic E-state index is 0.101. The summed E-state index contributed by atoms with van der Waals surface area (Å²) in [6.45, 7) is 5.40. The van der Waals surface area contributed by atoms with Crippen LogP contribution in [0.25, 0.3) is 0 Å². The largest absolute Gasteiger partial charge is 0.338 e. The molecule has 0 bridgehead atoms.